The van der Waals surface area contributed by atoms with Crippen molar-refractivity contribution in [1.29, 1.82) is 0 Å². The number of halogens is 1. The van der Waals surface area contributed by atoms with Gasteiger partial charge in [-0.15, -0.1) is 5.10 Å². The van der Waals surface area contributed by atoms with Gasteiger partial charge >= 0.3 is 5.97 Å². The molecule has 3 rings (SSSR count). The molecule has 0 aliphatic carbocycles. The Bertz CT molecular complexity index is 1290. The van der Waals surface area contributed by atoms with E-state index in [0.29, 0.717) is 24.2 Å². The summed E-state index contributed by atoms with van der Waals surface area (Å²) in [6, 6.07) is 2.39. The number of nitrogens with zero attached hydrogens (tertiary/aromatic N) is 5. The number of primary amides is 1. The minimum absolute atomic E-state index is 0.0259. The van der Waals surface area contributed by atoms with E-state index in [9.17, 15) is 9.59 Å². The predicted molar refractivity (Wildman–Crippen MR) is 144 cm³/mol. The van der Waals surface area contributed by atoms with Crippen LogP contribution in [0, 0.1) is 11.7 Å². The fraction of sp³-hybridized carbons (Fsp3) is 0.462. The molecule has 0 bridgehead atoms. The fourth-order valence-electron chi connectivity index (χ4n) is 4.07. The highest BCUT2D eigenvalue weighted by atomic mass is 19.1. The smallest absolute Gasteiger partial charge is 0.306 e. The highest BCUT2D eigenvalue weighted by molar-refractivity contribution is 5.98. The van der Waals surface area contributed by atoms with Crippen LogP contribution in [0.15, 0.2) is 30.7 Å². The lowest BCUT2D eigenvalue weighted by atomic mass is 9.91. The van der Waals surface area contributed by atoms with Crippen LogP contribution in [0.25, 0.3) is 5.69 Å². The van der Waals surface area contributed by atoms with Gasteiger partial charge in [0.05, 0.1) is 43.4 Å². The molecular formula is C26H35FN8O4. The van der Waals surface area contributed by atoms with Crippen molar-refractivity contribution in [3.05, 3.63) is 42.1 Å². The zero-order chi connectivity index (χ0) is 28.7. The minimum atomic E-state index is -0.864. The maximum absolute atomic E-state index is 15.1. The summed E-state index contributed by atoms with van der Waals surface area (Å²) in [6.45, 7) is 9.31. The maximum Gasteiger partial charge on any atom is 0.306 e. The van der Waals surface area contributed by atoms with Gasteiger partial charge in [0.15, 0.2) is 11.6 Å². The van der Waals surface area contributed by atoms with Crippen LogP contribution >= 0.6 is 0 Å². The van der Waals surface area contributed by atoms with Crippen LogP contribution in [0.2, 0.25) is 0 Å². The van der Waals surface area contributed by atoms with E-state index >= 15 is 4.39 Å². The Hall–Kier alpha value is -4.29. The Balaban J connectivity index is 1.92. The highest BCUT2D eigenvalue weighted by Gasteiger charge is 2.27. The second-order valence-corrected chi connectivity index (χ2v) is 9.92. The van der Waals surface area contributed by atoms with Crippen molar-refractivity contribution in [1.82, 2.24) is 25.0 Å². The molecule has 2 atom stereocenters. The van der Waals surface area contributed by atoms with Gasteiger partial charge in [0, 0.05) is 6.04 Å². The molecule has 1 amide bonds. The summed E-state index contributed by atoms with van der Waals surface area (Å²) in [7, 11) is 1.47. The number of ether oxygens (including phenoxy) is 2. The number of anilines is 3. The molecule has 0 unspecified atom stereocenters. The largest absolute Gasteiger partial charge is 0.479 e. The average Bonchev–Trinajstić information content (AvgIpc) is 3.41. The molecule has 4 N–H and O–H groups in total. The molecule has 0 aliphatic heterocycles. The summed E-state index contributed by atoms with van der Waals surface area (Å²) in [5.41, 5.74) is 5.66. The van der Waals surface area contributed by atoms with Crippen LogP contribution in [0.5, 0.6) is 5.88 Å². The molecule has 3 heterocycles. The van der Waals surface area contributed by atoms with Gasteiger partial charge in [-0.05, 0) is 45.2 Å². The number of hydrogen-bond acceptors (Lipinski definition) is 10. The van der Waals surface area contributed by atoms with Gasteiger partial charge in [-0.3, -0.25) is 9.59 Å². The molecule has 0 aliphatic rings. The molecule has 0 saturated heterocycles. The summed E-state index contributed by atoms with van der Waals surface area (Å²) in [4.78, 5) is 33.2. The third-order valence-electron chi connectivity index (χ3n) is 5.90. The zero-order valence-electron chi connectivity index (χ0n) is 23.0. The maximum atomic E-state index is 15.1. The number of amides is 1. The molecular weight excluding hydrogens is 507 g/mol. The van der Waals surface area contributed by atoms with Crippen LogP contribution < -0.4 is 21.1 Å². The standard InChI is InChI=1S/C26H35FN8O4/c1-7-15(11-21(36)39-26(3,4)5)19(8-2)32-24-18(27)13-17(22(28)37)23(33-24)31-16-12-20(25(38-6)29-14-16)35-10-9-30-34-35/h9-10,12-15,19H,7-8,11H2,1-6H3,(H2,28,37)(H2,31,32,33)/t15-,19-/m1/s1. The number of carbonyl (C=O) groups is 2. The van der Waals surface area contributed by atoms with E-state index in [1.807, 2.05) is 34.6 Å². The summed E-state index contributed by atoms with van der Waals surface area (Å²) >= 11 is 0. The first-order valence-corrected chi connectivity index (χ1v) is 12.6. The number of methoxy groups -OCH3 is 1. The topological polar surface area (TPSA) is 159 Å². The van der Waals surface area contributed by atoms with Gasteiger partial charge in [-0.1, -0.05) is 25.5 Å². The van der Waals surface area contributed by atoms with E-state index in [1.54, 1.807) is 12.3 Å². The van der Waals surface area contributed by atoms with Crippen molar-refractivity contribution in [2.24, 2.45) is 11.7 Å². The molecule has 3 aromatic rings. The normalized spacial score (nSPS) is 12.9. The number of esters is 1. The summed E-state index contributed by atoms with van der Waals surface area (Å²) < 4.78 is 27.4. The molecule has 0 spiro atoms. The number of pyridine rings is 2. The molecule has 0 fully saturated rings. The Labute approximate surface area is 226 Å². The fourth-order valence-corrected chi connectivity index (χ4v) is 4.07. The Morgan fingerprint density at radius 2 is 1.92 bits per heavy atom. The monoisotopic (exact) mass is 542 g/mol. The van der Waals surface area contributed by atoms with Crippen LogP contribution in [0.1, 0.15) is 64.2 Å². The van der Waals surface area contributed by atoms with Gasteiger partial charge in [-0.2, -0.15) is 0 Å². The van der Waals surface area contributed by atoms with Crippen molar-refractivity contribution in [2.45, 2.75) is 65.5 Å². The summed E-state index contributed by atoms with van der Waals surface area (Å²) in [6.07, 6.45) is 5.98. The second-order valence-electron chi connectivity index (χ2n) is 9.92. The third-order valence-corrected chi connectivity index (χ3v) is 5.90. The van der Waals surface area contributed by atoms with Crippen LogP contribution in [0.3, 0.4) is 0 Å². The van der Waals surface area contributed by atoms with E-state index in [-0.39, 0.29) is 47.4 Å². The lowest BCUT2D eigenvalue weighted by Crippen LogP contribution is -2.33. The number of carbonyl (C=O) groups excluding carboxylic acids is 2. The quantitative estimate of drug-likeness (QED) is 0.286. The Morgan fingerprint density at radius 3 is 2.49 bits per heavy atom. The second kappa shape index (κ2) is 12.5. The van der Waals surface area contributed by atoms with Gasteiger partial charge in [0.25, 0.3) is 5.91 Å². The third kappa shape index (κ3) is 7.62. The average molecular weight is 543 g/mol. The first kappa shape index (κ1) is 29.3. The van der Waals surface area contributed by atoms with Gasteiger partial charge in [-0.25, -0.2) is 19.0 Å². The van der Waals surface area contributed by atoms with Crippen LogP contribution in [-0.2, 0) is 9.53 Å². The van der Waals surface area contributed by atoms with Crippen molar-refractivity contribution >= 4 is 29.2 Å². The molecule has 0 aromatic carbocycles. The predicted octanol–water partition coefficient (Wildman–Crippen LogP) is 4.00. The number of nitrogens with one attached hydrogen (secondary N) is 2. The van der Waals surface area contributed by atoms with Crippen molar-refractivity contribution < 1.29 is 23.5 Å². The first-order chi connectivity index (χ1) is 18.4. The van der Waals surface area contributed by atoms with Crippen LogP contribution in [-0.4, -0.2) is 55.6 Å². The number of hydrogen-bond donors (Lipinski definition) is 3. The molecule has 0 saturated carbocycles. The van der Waals surface area contributed by atoms with Crippen LogP contribution in [0.4, 0.5) is 21.7 Å². The minimum Gasteiger partial charge on any atom is -0.479 e. The summed E-state index contributed by atoms with van der Waals surface area (Å²) in [5.74, 6) is -1.86. The van der Waals surface area contributed by atoms with E-state index in [2.05, 4.69) is 30.9 Å². The molecule has 3 aromatic heterocycles. The van der Waals surface area contributed by atoms with Crippen molar-refractivity contribution in [3.63, 3.8) is 0 Å². The SMILES string of the molecule is CC[C@H](CC(=O)OC(C)(C)C)[C@@H](CC)Nc1nc(Nc2cnc(OC)c(-n3ccnn3)c2)c(C(N)=O)cc1F. The number of rotatable bonds is 12. The number of aromatic nitrogens is 5. The molecule has 0 radical (unpaired) electrons. The Kier molecular flexibility index (Phi) is 9.38. The lowest BCUT2D eigenvalue weighted by molar-refractivity contribution is -0.156. The molecule has 13 heteroatoms. The highest BCUT2D eigenvalue weighted by Crippen LogP contribution is 2.29. The Morgan fingerprint density at radius 1 is 1.18 bits per heavy atom. The van der Waals surface area contributed by atoms with Crippen molar-refractivity contribution in [2.75, 3.05) is 17.7 Å². The van der Waals surface area contributed by atoms with E-state index < -0.39 is 17.3 Å². The van der Waals surface area contributed by atoms with Gasteiger partial charge < -0.3 is 25.8 Å². The first-order valence-electron chi connectivity index (χ1n) is 12.6. The number of nitrogens with two attached hydrogens (primary N) is 1. The van der Waals surface area contributed by atoms with E-state index in [1.165, 1.54) is 24.2 Å². The van der Waals surface area contributed by atoms with Gasteiger partial charge in [0.2, 0.25) is 5.88 Å². The van der Waals surface area contributed by atoms with E-state index in [0.717, 1.165) is 6.07 Å². The van der Waals surface area contributed by atoms with Crippen molar-refractivity contribution in [3.8, 4) is 11.6 Å². The van der Waals surface area contributed by atoms with Gasteiger partial charge in [0.1, 0.15) is 17.1 Å². The molecule has 12 nitrogen and oxygen atoms in total. The lowest BCUT2D eigenvalue weighted by Gasteiger charge is -2.28. The zero-order valence-corrected chi connectivity index (χ0v) is 23.0. The molecule has 210 valence electrons. The molecule has 39 heavy (non-hydrogen) atoms. The van der Waals surface area contributed by atoms with E-state index in [4.69, 9.17) is 15.2 Å². The summed E-state index contributed by atoms with van der Waals surface area (Å²) in [5, 5.41) is 13.9.